The van der Waals surface area contributed by atoms with Crippen molar-refractivity contribution >= 4 is 17.6 Å². The Hall–Kier alpha value is -1.24. The fraction of sp³-hybridized carbons (Fsp3) is 0.500. The summed E-state index contributed by atoms with van der Waals surface area (Å²) < 4.78 is 1.84. The Balaban J connectivity index is 2.60. The van der Waals surface area contributed by atoms with Crippen molar-refractivity contribution in [2.24, 2.45) is 17.9 Å². The SMILES string of the molecule is Cc1nnc(SCC(N)=NO)n1C. The molecule has 13 heavy (non-hydrogen) atoms. The second kappa shape index (κ2) is 4.13. The summed E-state index contributed by atoms with van der Waals surface area (Å²) in [7, 11) is 1.87. The number of aryl methyl sites for hydroxylation is 1. The van der Waals surface area contributed by atoms with Crippen LogP contribution in [0.5, 0.6) is 0 Å². The first kappa shape index (κ1) is 9.85. The van der Waals surface area contributed by atoms with Gasteiger partial charge < -0.3 is 15.5 Å². The Morgan fingerprint density at radius 2 is 2.38 bits per heavy atom. The monoisotopic (exact) mass is 201 g/mol. The van der Waals surface area contributed by atoms with Gasteiger partial charge in [-0.15, -0.1) is 10.2 Å². The highest BCUT2D eigenvalue weighted by Crippen LogP contribution is 2.14. The molecule has 0 aliphatic carbocycles. The van der Waals surface area contributed by atoms with Crippen LogP contribution in [0.2, 0.25) is 0 Å². The van der Waals surface area contributed by atoms with Gasteiger partial charge in [-0.3, -0.25) is 0 Å². The lowest BCUT2D eigenvalue weighted by atomic mass is 10.7. The second-order valence-electron chi connectivity index (χ2n) is 2.47. The minimum Gasteiger partial charge on any atom is -0.409 e. The van der Waals surface area contributed by atoms with Crippen molar-refractivity contribution in [1.82, 2.24) is 14.8 Å². The average molecular weight is 201 g/mol. The zero-order valence-corrected chi connectivity index (χ0v) is 8.25. The van der Waals surface area contributed by atoms with Gasteiger partial charge in [0.2, 0.25) is 0 Å². The second-order valence-corrected chi connectivity index (χ2v) is 3.41. The van der Waals surface area contributed by atoms with Crippen molar-refractivity contribution in [3.05, 3.63) is 5.82 Å². The molecular weight excluding hydrogens is 190 g/mol. The molecule has 0 radical (unpaired) electrons. The number of amidine groups is 1. The van der Waals surface area contributed by atoms with Gasteiger partial charge in [0.15, 0.2) is 5.16 Å². The van der Waals surface area contributed by atoms with Gasteiger partial charge in [-0.2, -0.15) is 0 Å². The number of hydrogen-bond donors (Lipinski definition) is 2. The van der Waals surface area contributed by atoms with Gasteiger partial charge in [0.25, 0.3) is 0 Å². The van der Waals surface area contributed by atoms with E-state index < -0.39 is 0 Å². The Morgan fingerprint density at radius 1 is 1.69 bits per heavy atom. The van der Waals surface area contributed by atoms with Crippen molar-refractivity contribution in [1.29, 1.82) is 0 Å². The van der Waals surface area contributed by atoms with Gasteiger partial charge in [-0.05, 0) is 6.92 Å². The molecule has 1 aromatic rings. The fourth-order valence-electron chi connectivity index (χ4n) is 0.681. The zero-order valence-electron chi connectivity index (χ0n) is 7.43. The maximum atomic E-state index is 8.29. The van der Waals surface area contributed by atoms with Gasteiger partial charge in [-0.1, -0.05) is 16.9 Å². The topological polar surface area (TPSA) is 89.3 Å². The molecule has 1 rings (SSSR count). The fourth-order valence-corrected chi connectivity index (χ4v) is 1.44. The van der Waals surface area contributed by atoms with E-state index in [2.05, 4.69) is 15.4 Å². The van der Waals surface area contributed by atoms with E-state index in [9.17, 15) is 0 Å². The van der Waals surface area contributed by atoms with Crippen LogP contribution in [-0.4, -0.2) is 31.6 Å². The molecule has 1 aromatic heterocycles. The molecule has 6 nitrogen and oxygen atoms in total. The summed E-state index contributed by atoms with van der Waals surface area (Å²) >= 11 is 1.37. The minimum atomic E-state index is 0.172. The Labute approximate surface area is 79.8 Å². The number of oxime groups is 1. The van der Waals surface area contributed by atoms with E-state index in [-0.39, 0.29) is 5.84 Å². The summed E-state index contributed by atoms with van der Waals surface area (Å²) in [6.07, 6.45) is 0. The highest BCUT2D eigenvalue weighted by atomic mass is 32.2. The molecule has 0 fully saturated rings. The van der Waals surface area contributed by atoms with Crippen LogP contribution in [0.25, 0.3) is 0 Å². The van der Waals surface area contributed by atoms with Crippen LogP contribution in [0.15, 0.2) is 10.3 Å². The molecule has 0 aromatic carbocycles. The largest absolute Gasteiger partial charge is 0.409 e. The molecule has 0 saturated heterocycles. The van der Waals surface area contributed by atoms with Gasteiger partial charge in [-0.25, -0.2) is 0 Å². The normalized spacial score (nSPS) is 12.0. The van der Waals surface area contributed by atoms with Crippen molar-refractivity contribution in [2.45, 2.75) is 12.1 Å². The molecule has 0 atom stereocenters. The summed E-state index contributed by atoms with van der Waals surface area (Å²) in [5.74, 6) is 1.41. The van der Waals surface area contributed by atoms with Gasteiger partial charge in [0, 0.05) is 7.05 Å². The Bertz CT molecular complexity index is 321. The Morgan fingerprint density at radius 3 is 2.85 bits per heavy atom. The maximum Gasteiger partial charge on any atom is 0.191 e. The van der Waals surface area contributed by atoms with Crippen molar-refractivity contribution in [3.8, 4) is 0 Å². The summed E-state index contributed by atoms with van der Waals surface area (Å²) in [5, 5.41) is 19.7. The molecule has 0 spiro atoms. The standard InChI is InChI=1S/C6H11N5OS/c1-4-8-9-6(11(4)2)13-3-5(7)10-12/h12H,3H2,1-2H3,(H2,7,10). The molecule has 0 amide bonds. The molecule has 0 saturated carbocycles. The van der Waals surface area contributed by atoms with Gasteiger partial charge >= 0.3 is 0 Å². The molecule has 3 N–H and O–H groups in total. The first-order valence-electron chi connectivity index (χ1n) is 3.60. The van der Waals surface area contributed by atoms with Crippen molar-refractivity contribution in [3.63, 3.8) is 0 Å². The summed E-state index contributed by atoms with van der Waals surface area (Å²) in [6.45, 7) is 1.86. The van der Waals surface area contributed by atoms with Crippen molar-refractivity contribution in [2.75, 3.05) is 5.75 Å². The van der Waals surface area contributed by atoms with Gasteiger partial charge in [0.1, 0.15) is 11.7 Å². The number of rotatable bonds is 3. The molecule has 72 valence electrons. The third-order valence-electron chi connectivity index (χ3n) is 1.53. The molecule has 0 aliphatic rings. The number of nitrogens with zero attached hydrogens (tertiary/aromatic N) is 4. The predicted octanol–water partition coefficient (Wildman–Crippen LogP) is -0.0380. The van der Waals surface area contributed by atoms with E-state index in [4.69, 9.17) is 10.9 Å². The van der Waals surface area contributed by atoms with E-state index in [0.717, 1.165) is 11.0 Å². The lowest BCUT2D eigenvalue weighted by molar-refractivity contribution is 0.318. The summed E-state index contributed by atoms with van der Waals surface area (Å²) in [5.41, 5.74) is 5.30. The number of nitrogens with two attached hydrogens (primary N) is 1. The van der Waals surface area contributed by atoms with Crippen LogP contribution in [0.1, 0.15) is 5.82 Å². The molecule has 7 heteroatoms. The third kappa shape index (κ3) is 2.35. The first-order chi connectivity index (χ1) is 6.15. The third-order valence-corrected chi connectivity index (χ3v) is 2.58. The first-order valence-corrected chi connectivity index (χ1v) is 4.59. The zero-order chi connectivity index (χ0) is 9.84. The lowest BCUT2D eigenvalue weighted by Crippen LogP contribution is -2.14. The van der Waals surface area contributed by atoms with Crippen LogP contribution in [-0.2, 0) is 7.05 Å². The van der Waals surface area contributed by atoms with Crippen LogP contribution >= 0.6 is 11.8 Å². The van der Waals surface area contributed by atoms with E-state index in [0.29, 0.717) is 5.75 Å². The van der Waals surface area contributed by atoms with Crippen LogP contribution in [0, 0.1) is 6.92 Å². The Kier molecular flexibility index (Phi) is 3.13. The lowest BCUT2D eigenvalue weighted by Gasteiger charge is -1.99. The molecule has 1 heterocycles. The molecule has 0 aliphatic heterocycles. The smallest absolute Gasteiger partial charge is 0.191 e. The highest BCUT2D eigenvalue weighted by Gasteiger charge is 2.05. The average Bonchev–Trinajstić information content (AvgIpc) is 2.44. The van der Waals surface area contributed by atoms with Crippen LogP contribution < -0.4 is 5.73 Å². The summed E-state index contributed by atoms with van der Waals surface area (Å²) in [4.78, 5) is 0. The quantitative estimate of drug-likeness (QED) is 0.235. The van der Waals surface area contributed by atoms with Crippen LogP contribution in [0.4, 0.5) is 0 Å². The van der Waals surface area contributed by atoms with E-state index in [1.54, 1.807) is 0 Å². The van der Waals surface area contributed by atoms with Gasteiger partial charge in [0.05, 0.1) is 5.75 Å². The number of hydrogen-bond acceptors (Lipinski definition) is 5. The number of aromatic nitrogens is 3. The molecular formula is C6H11N5OS. The van der Waals surface area contributed by atoms with Crippen molar-refractivity contribution < 1.29 is 5.21 Å². The van der Waals surface area contributed by atoms with E-state index >= 15 is 0 Å². The molecule has 0 bridgehead atoms. The minimum absolute atomic E-state index is 0.172. The maximum absolute atomic E-state index is 8.29. The highest BCUT2D eigenvalue weighted by molar-refractivity contribution is 7.99. The number of thioether (sulfide) groups is 1. The molecule has 0 unspecified atom stereocenters. The van der Waals surface area contributed by atoms with E-state index in [1.165, 1.54) is 11.8 Å². The predicted molar refractivity (Wildman–Crippen MR) is 49.9 cm³/mol. The van der Waals surface area contributed by atoms with E-state index in [1.807, 2.05) is 18.5 Å². The van der Waals surface area contributed by atoms with Crippen LogP contribution in [0.3, 0.4) is 0 Å². The summed E-state index contributed by atoms with van der Waals surface area (Å²) in [6, 6.07) is 0.